The highest BCUT2D eigenvalue weighted by atomic mass is 32.1. The Kier molecular flexibility index (Phi) is 8.31. The van der Waals surface area contributed by atoms with Crippen LogP contribution in [0.1, 0.15) is 19.5 Å². The first-order valence-electron chi connectivity index (χ1n) is 7.17. The van der Waals surface area contributed by atoms with Crippen LogP contribution < -0.4 is 10.2 Å². The van der Waals surface area contributed by atoms with E-state index < -0.39 is 0 Å². The van der Waals surface area contributed by atoms with Crippen molar-refractivity contribution in [3.05, 3.63) is 59.7 Å². The first-order valence-corrected chi connectivity index (χ1v) is 8.05. The third-order valence-corrected chi connectivity index (χ3v) is 3.66. The van der Waals surface area contributed by atoms with Crippen LogP contribution in [0.2, 0.25) is 0 Å². The topological polar surface area (TPSA) is 62.3 Å². The fourth-order valence-corrected chi connectivity index (χ4v) is 2.27. The second-order valence-electron chi connectivity index (χ2n) is 4.51. The molecule has 0 saturated carbocycles. The Labute approximate surface area is 140 Å². The number of hydrogen-bond donors (Lipinski definition) is 1. The Morgan fingerprint density at radius 3 is 2.48 bits per heavy atom. The van der Waals surface area contributed by atoms with Crippen LogP contribution in [-0.2, 0) is 16.1 Å². The molecule has 0 unspecified atom stereocenters. The van der Waals surface area contributed by atoms with Crippen molar-refractivity contribution in [2.75, 3.05) is 11.9 Å². The van der Waals surface area contributed by atoms with Gasteiger partial charge in [-0.25, -0.2) is 4.98 Å². The van der Waals surface area contributed by atoms with Crippen LogP contribution in [-0.4, -0.2) is 23.8 Å². The molecule has 2 amide bonds. The van der Waals surface area contributed by atoms with E-state index in [0.717, 1.165) is 5.69 Å². The average Bonchev–Trinajstić information content (AvgIpc) is 3.01. The van der Waals surface area contributed by atoms with Crippen LogP contribution >= 0.6 is 11.3 Å². The Balaban J connectivity index is 2.57. The summed E-state index contributed by atoms with van der Waals surface area (Å²) in [7, 11) is 1.67. The fourth-order valence-electron chi connectivity index (χ4n) is 1.48. The third kappa shape index (κ3) is 6.88. The van der Waals surface area contributed by atoms with Crippen molar-refractivity contribution in [1.82, 2.24) is 10.3 Å². The molecule has 0 radical (unpaired) electrons. The van der Waals surface area contributed by atoms with Gasteiger partial charge in [-0.1, -0.05) is 36.5 Å². The molecule has 0 saturated heterocycles. The molecular formula is C17H21N3O2S. The maximum absolute atomic E-state index is 11.9. The molecule has 0 aliphatic heterocycles. The zero-order chi connectivity index (χ0) is 17.1. The lowest BCUT2D eigenvalue weighted by atomic mass is 10.4. The maximum atomic E-state index is 11.9. The van der Waals surface area contributed by atoms with Gasteiger partial charge in [-0.15, -0.1) is 11.3 Å². The molecule has 0 aliphatic rings. The van der Waals surface area contributed by atoms with Crippen molar-refractivity contribution >= 4 is 28.3 Å². The lowest BCUT2D eigenvalue weighted by Crippen LogP contribution is -2.24. The summed E-state index contributed by atoms with van der Waals surface area (Å²) in [4.78, 5) is 29.3. The van der Waals surface area contributed by atoms with Gasteiger partial charge in [0, 0.05) is 24.6 Å². The molecular weight excluding hydrogens is 310 g/mol. The van der Waals surface area contributed by atoms with Gasteiger partial charge < -0.3 is 5.32 Å². The zero-order valence-electron chi connectivity index (χ0n) is 13.5. The molecule has 0 fully saturated rings. The molecule has 1 aromatic rings. The summed E-state index contributed by atoms with van der Waals surface area (Å²) >= 11 is 1.36. The maximum Gasteiger partial charge on any atom is 0.252 e. The Morgan fingerprint density at radius 1 is 1.17 bits per heavy atom. The average molecular weight is 331 g/mol. The number of nitrogens with one attached hydrogen (secondary N) is 1. The molecule has 23 heavy (non-hydrogen) atoms. The normalized spacial score (nSPS) is 12.0. The molecule has 0 aliphatic carbocycles. The van der Waals surface area contributed by atoms with Gasteiger partial charge in [-0.3, -0.25) is 14.5 Å². The zero-order valence-corrected chi connectivity index (χ0v) is 14.3. The number of carbonyl (C=O) groups is 2. The van der Waals surface area contributed by atoms with Crippen LogP contribution in [0, 0.1) is 0 Å². The van der Waals surface area contributed by atoms with E-state index in [1.807, 2.05) is 31.4 Å². The summed E-state index contributed by atoms with van der Waals surface area (Å²) in [5.41, 5.74) is 0.717. The lowest BCUT2D eigenvalue weighted by Gasteiger charge is -2.10. The summed E-state index contributed by atoms with van der Waals surface area (Å²) in [6.07, 6.45) is 13.5. The number of allylic oxidation sites excluding steroid dienone is 6. The minimum Gasteiger partial charge on any atom is -0.347 e. The van der Waals surface area contributed by atoms with Gasteiger partial charge >= 0.3 is 0 Å². The summed E-state index contributed by atoms with van der Waals surface area (Å²) in [6, 6.07) is 0. The summed E-state index contributed by atoms with van der Waals surface area (Å²) in [6.45, 7) is 4.09. The van der Waals surface area contributed by atoms with E-state index in [1.165, 1.54) is 28.4 Å². The highest BCUT2D eigenvalue weighted by Gasteiger charge is 2.12. The standard InChI is InChI=1S/C17H21N3O2S/c1-4-6-8-10-15(21)18-12-14-13-23-17(19-14)20(3)16(22)11-9-7-5-2/h4-11,13H,12H2,1-3H3,(H,18,21)/b6-4+,7-5-,10-8+,11-9+. The number of likely N-dealkylation sites (N-methyl/N-ethyl adjacent to an activating group) is 1. The molecule has 1 N–H and O–H groups in total. The van der Waals surface area contributed by atoms with Crippen molar-refractivity contribution in [3.8, 4) is 0 Å². The Morgan fingerprint density at radius 2 is 1.83 bits per heavy atom. The van der Waals surface area contributed by atoms with E-state index >= 15 is 0 Å². The molecule has 5 nitrogen and oxygen atoms in total. The Hall–Kier alpha value is -2.47. The van der Waals surface area contributed by atoms with Gasteiger partial charge in [-0.05, 0) is 13.8 Å². The third-order valence-electron chi connectivity index (χ3n) is 2.69. The lowest BCUT2D eigenvalue weighted by molar-refractivity contribution is -0.116. The summed E-state index contributed by atoms with van der Waals surface area (Å²) < 4.78 is 0. The van der Waals surface area contributed by atoms with Crippen LogP contribution in [0.3, 0.4) is 0 Å². The van der Waals surface area contributed by atoms with Crippen LogP contribution in [0.4, 0.5) is 5.13 Å². The molecule has 1 heterocycles. The first-order chi connectivity index (χ1) is 11.1. The van der Waals surface area contributed by atoms with Gasteiger partial charge in [0.2, 0.25) is 5.91 Å². The molecule has 0 bridgehead atoms. The number of hydrogen-bond acceptors (Lipinski definition) is 4. The Bertz CT molecular complexity index is 642. The van der Waals surface area contributed by atoms with E-state index in [2.05, 4.69) is 10.3 Å². The second kappa shape index (κ2) is 10.3. The number of carbonyl (C=O) groups excluding carboxylic acids is 2. The fraction of sp³-hybridized carbons (Fsp3) is 0.235. The predicted molar refractivity (Wildman–Crippen MR) is 95.3 cm³/mol. The monoisotopic (exact) mass is 331 g/mol. The highest BCUT2D eigenvalue weighted by Crippen LogP contribution is 2.19. The molecule has 6 heteroatoms. The van der Waals surface area contributed by atoms with E-state index in [-0.39, 0.29) is 11.8 Å². The van der Waals surface area contributed by atoms with Gasteiger partial charge in [0.15, 0.2) is 5.13 Å². The van der Waals surface area contributed by atoms with E-state index in [1.54, 1.807) is 31.4 Å². The highest BCUT2D eigenvalue weighted by molar-refractivity contribution is 7.14. The van der Waals surface area contributed by atoms with Crippen molar-refractivity contribution in [2.24, 2.45) is 0 Å². The van der Waals surface area contributed by atoms with Gasteiger partial charge in [-0.2, -0.15) is 0 Å². The van der Waals surface area contributed by atoms with Crippen molar-refractivity contribution in [2.45, 2.75) is 20.4 Å². The van der Waals surface area contributed by atoms with E-state index in [0.29, 0.717) is 11.7 Å². The number of amides is 2. The van der Waals surface area contributed by atoms with E-state index in [4.69, 9.17) is 0 Å². The van der Waals surface area contributed by atoms with Crippen molar-refractivity contribution in [1.29, 1.82) is 0 Å². The van der Waals surface area contributed by atoms with Crippen LogP contribution in [0.5, 0.6) is 0 Å². The molecule has 0 spiro atoms. The number of nitrogens with zero attached hydrogens (tertiary/aromatic N) is 2. The summed E-state index contributed by atoms with van der Waals surface area (Å²) in [5.74, 6) is -0.335. The SMILES string of the molecule is C/C=C\C=C\C(=O)N(C)c1nc(CNC(=O)/C=C/C=C/C)cs1. The van der Waals surface area contributed by atoms with Gasteiger partial charge in [0.25, 0.3) is 5.91 Å². The molecule has 1 rings (SSSR count). The van der Waals surface area contributed by atoms with Crippen molar-refractivity contribution < 1.29 is 9.59 Å². The molecule has 122 valence electrons. The smallest absolute Gasteiger partial charge is 0.252 e. The number of thiazole rings is 1. The van der Waals surface area contributed by atoms with Gasteiger partial charge in [0.05, 0.1) is 12.2 Å². The largest absolute Gasteiger partial charge is 0.347 e. The number of aromatic nitrogens is 1. The molecule has 0 atom stereocenters. The molecule has 1 aromatic heterocycles. The minimum atomic E-state index is -0.184. The van der Waals surface area contributed by atoms with Crippen LogP contribution in [0.15, 0.2) is 54.0 Å². The number of rotatable bonds is 7. The number of anilines is 1. The second-order valence-corrected chi connectivity index (χ2v) is 5.34. The van der Waals surface area contributed by atoms with E-state index in [9.17, 15) is 9.59 Å². The van der Waals surface area contributed by atoms with Gasteiger partial charge in [0.1, 0.15) is 0 Å². The molecule has 0 aromatic carbocycles. The quantitative estimate of drug-likeness (QED) is 0.617. The first kappa shape index (κ1) is 18.6. The van der Waals surface area contributed by atoms with Crippen molar-refractivity contribution in [3.63, 3.8) is 0 Å². The summed E-state index contributed by atoms with van der Waals surface area (Å²) in [5, 5.41) is 5.15. The predicted octanol–water partition coefficient (Wildman–Crippen LogP) is 2.99. The minimum absolute atomic E-state index is 0.151. The van der Waals surface area contributed by atoms with Crippen LogP contribution in [0.25, 0.3) is 0 Å².